The smallest absolute Gasteiger partial charge is 0.337 e. The van der Waals surface area contributed by atoms with E-state index < -0.39 is 5.97 Å². The highest BCUT2D eigenvalue weighted by atomic mass is 16.5. The van der Waals surface area contributed by atoms with Crippen molar-refractivity contribution < 1.29 is 19.2 Å². The molecule has 2 aromatic heterocycles. The lowest BCUT2D eigenvalue weighted by Gasteiger charge is -2.38. The standard InChI is InChI=1S/C19H20N4O4/c1-10-8-23(9-11(2)26-10)17-12(3)18-13(6-14(17)19(24)25)16(22-27-18)15-7-20-4-5-21-15/h4-7,10-11H,8-9H2,1-3H3,(H,24,25)/t10-,11+. The third-order valence-corrected chi connectivity index (χ3v) is 4.74. The van der Waals surface area contributed by atoms with Crippen molar-refractivity contribution in [2.24, 2.45) is 0 Å². The summed E-state index contributed by atoms with van der Waals surface area (Å²) in [4.78, 5) is 22.4. The zero-order valence-electron chi connectivity index (χ0n) is 15.3. The van der Waals surface area contributed by atoms with Crippen molar-refractivity contribution in [1.29, 1.82) is 0 Å². The summed E-state index contributed by atoms with van der Waals surface area (Å²) >= 11 is 0. The molecule has 3 aromatic rings. The van der Waals surface area contributed by atoms with Gasteiger partial charge in [0.25, 0.3) is 0 Å². The molecule has 3 heterocycles. The molecule has 27 heavy (non-hydrogen) atoms. The Balaban J connectivity index is 1.91. The van der Waals surface area contributed by atoms with Crippen molar-refractivity contribution in [3.8, 4) is 11.4 Å². The molecular weight excluding hydrogens is 348 g/mol. The molecule has 0 saturated carbocycles. The van der Waals surface area contributed by atoms with Gasteiger partial charge in [-0.2, -0.15) is 0 Å². The number of hydrogen-bond acceptors (Lipinski definition) is 7. The van der Waals surface area contributed by atoms with Crippen molar-refractivity contribution in [3.63, 3.8) is 0 Å². The Morgan fingerprint density at radius 2 is 2.00 bits per heavy atom. The molecule has 0 amide bonds. The first-order chi connectivity index (χ1) is 13.0. The number of carboxylic acid groups (broad SMARTS) is 1. The number of aryl methyl sites for hydroxylation is 1. The minimum Gasteiger partial charge on any atom is -0.478 e. The number of anilines is 1. The van der Waals surface area contributed by atoms with Gasteiger partial charge in [-0.15, -0.1) is 0 Å². The molecule has 0 radical (unpaired) electrons. The largest absolute Gasteiger partial charge is 0.478 e. The minimum absolute atomic E-state index is 0.00960. The SMILES string of the molecule is Cc1c(N2C[C@@H](C)O[C@@H](C)C2)c(C(=O)O)cc2c(-c3cnccn3)noc12. The third-order valence-electron chi connectivity index (χ3n) is 4.74. The Kier molecular flexibility index (Phi) is 4.27. The van der Waals surface area contributed by atoms with Gasteiger partial charge in [0, 0.05) is 31.0 Å². The lowest BCUT2D eigenvalue weighted by Crippen LogP contribution is -2.46. The predicted molar refractivity (Wildman–Crippen MR) is 99.0 cm³/mol. The molecule has 0 unspecified atom stereocenters. The second-order valence-electron chi connectivity index (χ2n) is 6.86. The van der Waals surface area contributed by atoms with E-state index in [0.717, 1.165) is 5.56 Å². The molecular formula is C19H20N4O4. The van der Waals surface area contributed by atoms with Crippen LogP contribution in [0.15, 0.2) is 29.2 Å². The van der Waals surface area contributed by atoms with Gasteiger partial charge in [-0.1, -0.05) is 5.16 Å². The van der Waals surface area contributed by atoms with Gasteiger partial charge >= 0.3 is 5.97 Å². The highest BCUT2D eigenvalue weighted by Crippen LogP contribution is 2.37. The van der Waals surface area contributed by atoms with Crippen molar-refractivity contribution in [2.45, 2.75) is 33.0 Å². The topological polar surface area (TPSA) is 102 Å². The summed E-state index contributed by atoms with van der Waals surface area (Å²) < 4.78 is 11.4. The highest BCUT2D eigenvalue weighted by molar-refractivity contribution is 6.05. The van der Waals surface area contributed by atoms with E-state index in [1.54, 1.807) is 24.7 Å². The fourth-order valence-electron chi connectivity index (χ4n) is 3.76. The van der Waals surface area contributed by atoms with Crippen LogP contribution < -0.4 is 4.90 Å². The molecule has 1 N–H and O–H groups in total. The Bertz CT molecular complexity index is 992. The molecule has 0 spiro atoms. The van der Waals surface area contributed by atoms with E-state index in [1.807, 2.05) is 20.8 Å². The first-order valence-corrected chi connectivity index (χ1v) is 8.78. The van der Waals surface area contributed by atoms with Gasteiger partial charge in [-0.25, -0.2) is 4.79 Å². The second kappa shape index (κ2) is 6.62. The zero-order chi connectivity index (χ0) is 19.1. The van der Waals surface area contributed by atoms with Gasteiger partial charge in [-0.3, -0.25) is 9.97 Å². The Hall–Kier alpha value is -3.00. The summed E-state index contributed by atoms with van der Waals surface area (Å²) in [5.74, 6) is -0.993. The number of morpholine rings is 1. The molecule has 8 nitrogen and oxygen atoms in total. The second-order valence-corrected chi connectivity index (χ2v) is 6.86. The Morgan fingerprint density at radius 1 is 1.26 bits per heavy atom. The molecule has 2 atom stereocenters. The van der Waals surface area contributed by atoms with E-state index in [1.165, 1.54) is 0 Å². The fraction of sp³-hybridized carbons (Fsp3) is 0.368. The average Bonchev–Trinajstić information content (AvgIpc) is 3.05. The van der Waals surface area contributed by atoms with Crippen molar-refractivity contribution >= 4 is 22.6 Å². The van der Waals surface area contributed by atoms with E-state index in [2.05, 4.69) is 20.0 Å². The predicted octanol–water partition coefficient (Wildman–Crippen LogP) is 2.91. The van der Waals surface area contributed by atoms with Crippen LogP contribution in [-0.4, -0.2) is 51.5 Å². The summed E-state index contributed by atoms with van der Waals surface area (Å²) in [6, 6.07) is 1.62. The van der Waals surface area contributed by atoms with Gasteiger partial charge in [0.05, 0.1) is 35.0 Å². The van der Waals surface area contributed by atoms with Crippen LogP contribution in [0.3, 0.4) is 0 Å². The van der Waals surface area contributed by atoms with E-state index >= 15 is 0 Å². The van der Waals surface area contributed by atoms with Gasteiger partial charge < -0.3 is 19.3 Å². The van der Waals surface area contributed by atoms with E-state index in [0.29, 0.717) is 41.1 Å². The average molecular weight is 368 g/mol. The summed E-state index contributed by atoms with van der Waals surface area (Å²) in [6.45, 7) is 7.06. The van der Waals surface area contributed by atoms with Crippen LogP contribution in [0.25, 0.3) is 22.4 Å². The fourth-order valence-corrected chi connectivity index (χ4v) is 3.76. The maximum atomic E-state index is 12.1. The summed E-state index contributed by atoms with van der Waals surface area (Å²) in [5, 5.41) is 14.6. The lowest BCUT2D eigenvalue weighted by molar-refractivity contribution is -0.00534. The summed E-state index contributed by atoms with van der Waals surface area (Å²) in [7, 11) is 0. The number of carboxylic acids is 1. The zero-order valence-corrected chi connectivity index (χ0v) is 15.3. The molecule has 1 aromatic carbocycles. The molecule has 0 aliphatic carbocycles. The minimum atomic E-state index is -0.993. The molecule has 1 saturated heterocycles. The van der Waals surface area contributed by atoms with Gasteiger partial charge in [0.2, 0.25) is 0 Å². The van der Waals surface area contributed by atoms with Crippen molar-refractivity contribution in [3.05, 3.63) is 35.8 Å². The quantitative estimate of drug-likeness (QED) is 0.753. The highest BCUT2D eigenvalue weighted by Gasteiger charge is 2.29. The van der Waals surface area contributed by atoms with E-state index in [4.69, 9.17) is 9.26 Å². The number of benzene rings is 1. The number of carbonyl (C=O) groups is 1. The van der Waals surface area contributed by atoms with Crippen molar-refractivity contribution in [2.75, 3.05) is 18.0 Å². The molecule has 140 valence electrons. The number of aromatic carboxylic acids is 1. The summed E-state index contributed by atoms with van der Waals surface area (Å²) in [5.41, 5.74) is 3.19. The van der Waals surface area contributed by atoms with E-state index in [-0.39, 0.29) is 17.8 Å². The first kappa shape index (κ1) is 17.4. The summed E-state index contributed by atoms with van der Waals surface area (Å²) in [6.07, 6.45) is 4.72. The number of rotatable bonds is 3. The molecule has 4 rings (SSSR count). The number of aromatic nitrogens is 3. The molecule has 1 fully saturated rings. The molecule has 0 bridgehead atoms. The normalized spacial score (nSPS) is 20.2. The van der Waals surface area contributed by atoms with Gasteiger partial charge in [0.1, 0.15) is 11.4 Å². The number of nitrogens with zero attached hydrogens (tertiary/aromatic N) is 4. The number of ether oxygens (including phenoxy) is 1. The third kappa shape index (κ3) is 3.02. The van der Waals surface area contributed by atoms with Crippen LogP contribution in [0, 0.1) is 6.92 Å². The van der Waals surface area contributed by atoms with Crippen LogP contribution >= 0.6 is 0 Å². The van der Waals surface area contributed by atoms with Crippen LogP contribution in [0.5, 0.6) is 0 Å². The van der Waals surface area contributed by atoms with E-state index in [9.17, 15) is 9.90 Å². The molecule has 1 aliphatic heterocycles. The molecule has 8 heteroatoms. The van der Waals surface area contributed by atoms with Gasteiger partial charge in [0.15, 0.2) is 5.58 Å². The van der Waals surface area contributed by atoms with Crippen LogP contribution in [0.4, 0.5) is 5.69 Å². The maximum absolute atomic E-state index is 12.1. The van der Waals surface area contributed by atoms with Crippen molar-refractivity contribution in [1.82, 2.24) is 15.1 Å². The number of hydrogen-bond donors (Lipinski definition) is 1. The monoisotopic (exact) mass is 368 g/mol. The van der Waals surface area contributed by atoms with Gasteiger partial charge in [-0.05, 0) is 26.8 Å². The lowest BCUT2D eigenvalue weighted by atomic mass is 10.00. The van der Waals surface area contributed by atoms with Crippen LogP contribution in [0.1, 0.15) is 29.8 Å². The Morgan fingerprint density at radius 3 is 2.63 bits per heavy atom. The molecule has 1 aliphatic rings. The number of fused-ring (bicyclic) bond motifs is 1. The first-order valence-electron chi connectivity index (χ1n) is 8.78. The van der Waals surface area contributed by atoms with Crippen LogP contribution in [-0.2, 0) is 4.74 Å². The Labute approximate surface area is 155 Å². The maximum Gasteiger partial charge on any atom is 0.337 e. The van der Waals surface area contributed by atoms with Crippen LogP contribution in [0.2, 0.25) is 0 Å².